The SMILES string of the molecule is C=CCn1c(C)cc(C(=O)CSc2nc3ccccc3n2-c2ccccc2)c1C. The van der Waals surface area contributed by atoms with E-state index in [0.29, 0.717) is 12.3 Å². The van der Waals surface area contributed by atoms with E-state index in [0.717, 1.165) is 38.8 Å². The van der Waals surface area contributed by atoms with Crippen molar-refractivity contribution >= 4 is 28.6 Å². The van der Waals surface area contributed by atoms with Gasteiger partial charge < -0.3 is 4.57 Å². The van der Waals surface area contributed by atoms with Crippen LogP contribution < -0.4 is 0 Å². The Morgan fingerprint density at radius 1 is 1.10 bits per heavy atom. The minimum Gasteiger partial charge on any atom is -0.345 e. The first kappa shape index (κ1) is 19.3. The monoisotopic (exact) mass is 401 g/mol. The lowest BCUT2D eigenvalue weighted by Crippen LogP contribution is -2.07. The minimum atomic E-state index is 0.116. The number of allylic oxidation sites excluding steroid dienone is 1. The van der Waals surface area contributed by atoms with Gasteiger partial charge in [0.1, 0.15) is 0 Å². The molecule has 0 fully saturated rings. The first-order valence-corrected chi connectivity index (χ1v) is 10.5. The number of aromatic nitrogens is 3. The minimum absolute atomic E-state index is 0.116. The quantitative estimate of drug-likeness (QED) is 0.230. The van der Waals surface area contributed by atoms with E-state index in [2.05, 4.69) is 33.9 Å². The topological polar surface area (TPSA) is 39.8 Å². The highest BCUT2D eigenvalue weighted by atomic mass is 32.2. The van der Waals surface area contributed by atoms with Crippen molar-refractivity contribution in [2.75, 3.05) is 5.75 Å². The van der Waals surface area contributed by atoms with Crippen LogP contribution in [0.2, 0.25) is 0 Å². The van der Waals surface area contributed by atoms with Crippen molar-refractivity contribution in [2.45, 2.75) is 25.5 Å². The molecule has 0 spiro atoms. The second-order valence-corrected chi connectivity index (χ2v) is 7.89. The molecule has 0 aliphatic rings. The van der Waals surface area contributed by atoms with Crippen LogP contribution in [0.15, 0.2) is 78.5 Å². The number of aryl methyl sites for hydroxylation is 1. The Morgan fingerprint density at radius 3 is 2.59 bits per heavy atom. The Kier molecular flexibility index (Phi) is 5.41. The van der Waals surface area contributed by atoms with E-state index in [1.54, 1.807) is 0 Å². The van der Waals surface area contributed by atoms with Gasteiger partial charge in [-0.2, -0.15) is 0 Å². The molecule has 4 aromatic rings. The van der Waals surface area contributed by atoms with E-state index in [-0.39, 0.29) is 5.78 Å². The molecular formula is C24H23N3OS. The second kappa shape index (κ2) is 8.13. The van der Waals surface area contributed by atoms with Crippen LogP contribution in [0.1, 0.15) is 21.7 Å². The standard InChI is InChI=1S/C24H23N3OS/c1-4-14-26-17(2)15-20(18(26)3)23(28)16-29-24-25-21-12-8-9-13-22(21)27(24)19-10-6-5-7-11-19/h4-13,15H,1,14,16H2,2-3H3. The highest BCUT2D eigenvalue weighted by molar-refractivity contribution is 7.99. The maximum absolute atomic E-state index is 13.0. The van der Waals surface area contributed by atoms with E-state index < -0.39 is 0 Å². The number of carbonyl (C=O) groups is 1. The Hall–Kier alpha value is -3.05. The number of Topliss-reactive ketones (excluding diaryl/α,β-unsaturated/α-hetero) is 1. The van der Waals surface area contributed by atoms with E-state index in [1.807, 2.05) is 62.4 Å². The number of rotatable bonds is 7. The predicted molar refractivity (Wildman–Crippen MR) is 120 cm³/mol. The van der Waals surface area contributed by atoms with Crippen LogP contribution in [0.25, 0.3) is 16.7 Å². The van der Waals surface area contributed by atoms with Crippen molar-refractivity contribution in [2.24, 2.45) is 0 Å². The lowest BCUT2D eigenvalue weighted by molar-refractivity contribution is 0.102. The van der Waals surface area contributed by atoms with Gasteiger partial charge in [0.25, 0.3) is 0 Å². The molecular weight excluding hydrogens is 378 g/mol. The molecule has 2 heterocycles. The summed E-state index contributed by atoms with van der Waals surface area (Å²) in [6.07, 6.45) is 1.85. The molecule has 0 unspecified atom stereocenters. The number of para-hydroxylation sites is 3. The van der Waals surface area contributed by atoms with Crippen LogP contribution in [0.5, 0.6) is 0 Å². The first-order valence-electron chi connectivity index (χ1n) is 9.56. The van der Waals surface area contributed by atoms with Gasteiger partial charge in [-0.05, 0) is 44.2 Å². The number of imidazole rings is 1. The number of thioether (sulfide) groups is 1. The number of nitrogens with zero attached hydrogens (tertiary/aromatic N) is 3. The molecule has 0 saturated heterocycles. The van der Waals surface area contributed by atoms with Gasteiger partial charge >= 0.3 is 0 Å². The van der Waals surface area contributed by atoms with Gasteiger partial charge in [-0.25, -0.2) is 4.98 Å². The molecule has 0 aliphatic carbocycles. The van der Waals surface area contributed by atoms with Crippen LogP contribution in [0, 0.1) is 13.8 Å². The zero-order chi connectivity index (χ0) is 20.4. The molecule has 2 aromatic carbocycles. The van der Waals surface area contributed by atoms with Crippen LogP contribution in [0.4, 0.5) is 0 Å². The van der Waals surface area contributed by atoms with Crippen molar-refractivity contribution in [3.8, 4) is 5.69 Å². The van der Waals surface area contributed by atoms with Gasteiger partial charge in [0.05, 0.1) is 16.8 Å². The summed E-state index contributed by atoms with van der Waals surface area (Å²) in [7, 11) is 0. The largest absolute Gasteiger partial charge is 0.345 e. The fraction of sp³-hybridized carbons (Fsp3) is 0.167. The third-order valence-corrected chi connectivity index (χ3v) is 6.00. The number of fused-ring (bicyclic) bond motifs is 1. The summed E-state index contributed by atoms with van der Waals surface area (Å²) in [4.78, 5) is 17.8. The van der Waals surface area contributed by atoms with E-state index in [9.17, 15) is 4.79 Å². The molecule has 5 heteroatoms. The number of carbonyl (C=O) groups excluding carboxylic acids is 1. The smallest absolute Gasteiger partial charge is 0.175 e. The zero-order valence-electron chi connectivity index (χ0n) is 16.6. The van der Waals surface area contributed by atoms with E-state index in [4.69, 9.17) is 4.98 Å². The maximum Gasteiger partial charge on any atom is 0.175 e. The first-order chi connectivity index (χ1) is 14.1. The highest BCUT2D eigenvalue weighted by Gasteiger charge is 2.18. The highest BCUT2D eigenvalue weighted by Crippen LogP contribution is 2.29. The number of hydrogen-bond acceptors (Lipinski definition) is 3. The number of hydrogen-bond donors (Lipinski definition) is 0. The Bertz CT molecular complexity index is 1190. The van der Waals surface area contributed by atoms with Gasteiger partial charge in [0, 0.05) is 29.2 Å². The second-order valence-electron chi connectivity index (χ2n) is 6.95. The summed E-state index contributed by atoms with van der Waals surface area (Å²) >= 11 is 1.48. The Labute approximate surface area is 174 Å². The molecule has 0 bridgehead atoms. The average Bonchev–Trinajstić information content (AvgIpc) is 3.25. The summed E-state index contributed by atoms with van der Waals surface area (Å²) in [6, 6.07) is 20.2. The van der Waals surface area contributed by atoms with Crippen molar-refractivity contribution in [1.82, 2.24) is 14.1 Å². The summed E-state index contributed by atoms with van der Waals surface area (Å²) < 4.78 is 4.23. The molecule has 0 radical (unpaired) electrons. The molecule has 146 valence electrons. The summed E-state index contributed by atoms with van der Waals surface area (Å²) in [6.45, 7) is 8.53. The molecule has 29 heavy (non-hydrogen) atoms. The number of ketones is 1. The molecule has 2 aromatic heterocycles. The van der Waals surface area contributed by atoms with Gasteiger partial charge in [0.15, 0.2) is 10.9 Å². The molecule has 4 rings (SSSR count). The molecule has 0 atom stereocenters. The van der Waals surface area contributed by atoms with Crippen molar-refractivity contribution in [1.29, 1.82) is 0 Å². The summed E-state index contributed by atoms with van der Waals surface area (Å²) in [5.41, 5.74) is 5.85. The van der Waals surface area contributed by atoms with Crippen molar-refractivity contribution in [3.05, 3.63) is 90.3 Å². The van der Waals surface area contributed by atoms with Crippen LogP contribution in [-0.4, -0.2) is 25.7 Å². The summed E-state index contributed by atoms with van der Waals surface area (Å²) in [5.74, 6) is 0.458. The van der Waals surface area contributed by atoms with Gasteiger partial charge in [-0.1, -0.05) is 48.2 Å². The van der Waals surface area contributed by atoms with Crippen LogP contribution >= 0.6 is 11.8 Å². The van der Waals surface area contributed by atoms with Gasteiger partial charge in [-0.15, -0.1) is 6.58 Å². The Balaban J connectivity index is 1.65. The maximum atomic E-state index is 13.0. The van der Waals surface area contributed by atoms with Crippen LogP contribution in [0.3, 0.4) is 0 Å². The van der Waals surface area contributed by atoms with E-state index >= 15 is 0 Å². The van der Waals surface area contributed by atoms with Crippen molar-refractivity contribution < 1.29 is 4.79 Å². The molecule has 0 aliphatic heterocycles. The average molecular weight is 402 g/mol. The van der Waals surface area contributed by atoms with Gasteiger partial charge in [-0.3, -0.25) is 9.36 Å². The summed E-state index contributed by atoms with van der Waals surface area (Å²) in [5, 5.41) is 0.825. The normalized spacial score (nSPS) is 11.1. The van der Waals surface area contributed by atoms with Crippen molar-refractivity contribution in [3.63, 3.8) is 0 Å². The lowest BCUT2D eigenvalue weighted by Gasteiger charge is -2.09. The lowest BCUT2D eigenvalue weighted by atomic mass is 10.2. The third kappa shape index (κ3) is 3.66. The molecule has 0 N–H and O–H groups in total. The zero-order valence-corrected chi connectivity index (χ0v) is 17.4. The molecule has 0 amide bonds. The fourth-order valence-electron chi connectivity index (χ4n) is 3.63. The molecule has 4 nitrogen and oxygen atoms in total. The number of benzene rings is 2. The van der Waals surface area contributed by atoms with Gasteiger partial charge in [0.2, 0.25) is 0 Å². The third-order valence-electron chi connectivity index (χ3n) is 5.06. The fourth-order valence-corrected chi connectivity index (χ4v) is 4.54. The van der Waals surface area contributed by atoms with E-state index in [1.165, 1.54) is 11.8 Å². The predicted octanol–water partition coefficient (Wildman–Crippen LogP) is 5.60. The van der Waals surface area contributed by atoms with Crippen LogP contribution in [-0.2, 0) is 6.54 Å². The molecule has 0 saturated carbocycles. The Morgan fingerprint density at radius 2 is 1.83 bits per heavy atom.